The Kier molecular flexibility index (Phi) is 5.03. The predicted octanol–water partition coefficient (Wildman–Crippen LogP) is 4.18. The summed E-state index contributed by atoms with van der Waals surface area (Å²) in [6.07, 6.45) is 4.01. The van der Waals surface area contributed by atoms with Gasteiger partial charge in [0.1, 0.15) is 23.5 Å². The van der Waals surface area contributed by atoms with Crippen LogP contribution >= 0.6 is 0 Å². The van der Waals surface area contributed by atoms with Crippen LogP contribution in [0.25, 0.3) is 22.3 Å². The molecule has 30 heavy (non-hydrogen) atoms. The predicted molar refractivity (Wildman–Crippen MR) is 117 cm³/mol. The summed E-state index contributed by atoms with van der Waals surface area (Å²) in [7, 11) is 0. The van der Waals surface area contributed by atoms with Crippen molar-refractivity contribution >= 4 is 22.6 Å². The first kappa shape index (κ1) is 19.7. The van der Waals surface area contributed by atoms with Crippen molar-refractivity contribution in [3.05, 3.63) is 66.2 Å². The zero-order valence-electron chi connectivity index (χ0n) is 17.3. The minimum atomic E-state index is -0.466. The first-order valence-corrected chi connectivity index (χ1v) is 9.88. The second-order valence-electron chi connectivity index (χ2n) is 8.03. The fourth-order valence-corrected chi connectivity index (χ4v) is 3.49. The number of anilines is 1. The largest absolute Gasteiger partial charge is 0.383 e. The SMILES string of the molecule is Cc1ccc(-c2nn(C(C)(C)CCC(=O)c3ccccn3)c3ncnc(N)c23)cc1. The second-order valence-corrected chi connectivity index (χ2v) is 8.03. The van der Waals surface area contributed by atoms with Crippen LogP contribution in [0.15, 0.2) is 55.0 Å². The van der Waals surface area contributed by atoms with E-state index in [2.05, 4.69) is 15.0 Å². The van der Waals surface area contributed by atoms with E-state index < -0.39 is 5.54 Å². The van der Waals surface area contributed by atoms with E-state index in [9.17, 15) is 4.79 Å². The molecule has 0 aliphatic heterocycles. The number of nitrogens with zero attached hydrogens (tertiary/aromatic N) is 5. The van der Waals surface area contributed by atoms with Crippen molar-refractivity contribution in [2.75, 3.05) is 5.73 Å². The van der Waals surface area contributed by atoms with E-state index in [0.717, 1.165) is 16.6 Å². The number of fused-ring (bicyclic) bond motifs is 1. The average molecular weight is 400 g/mol. The molecule has 0 amide bonds. The number of pyridine rings is 1. The number of nitrogen functional groups attached to an aromatic ring is 1. The third kappa shape index (κ3) is 3.66. The fourth-order valence-electron chi connectivity index (χ4n) is 3.49. The minimum Gasteiger partial charge on any atom is -0.383 e. The highest BCUT2D eigenvalue weighted by Gasteiger charge is 2.28. The molecule has 0 saturated heterocycles. The summed E-state index contributed by atoms with van der Waals surface area (Å²) in [4.78, 5) is 25.4. The van der Waals surface area contributed by atoms with E-state index in [1.807, 2.05) is 55.8 Å². The van der Waals surface area contributed by atoms with Gasteiger partial charge in [-0.05, 0) is 39.3 Å². The Balaban J connectivity index is 1.72. The van der Waals surface area contributed by atoms with E-state index in [-0.39, 0.29) is 5.78 Å². The van der Waals surface area contributed by atoms with Crippen molar-refractivity contribution < 1.29 is 4.79 Å². The Hall–Kier alpha value is -3.61. The van der Waals surface area contributed by atoms with Gasteiger partial charge in [0.2, 0.25) is 0 Å². The number of carbonyl (C=O) groups is 1. The Morgan fingerprint density at radius 3 is 2.53 bits per heavy atom. The molecule has 0 spiro atoms. The molecule has 0 unspecified atom stereocenters. The van der Waals surface area contributed by atoms with Gasteiger partial charge in [0, 0.05) is 18.2 Å². The lowest BCUT2D eigenvalue weighted by atomic mass is 9.96. The lowest BCUT2D eigenvalue weighted by Crippen LogP contribution is -2.28. The number of carbonyl (C=O) groups excluding carboxylic acids is 1. The van der Waals surface area contributed by atoms with Crippen LogP contribution in [0, 0.1) is 6.92 Å². The number of Topliss-reactive ketones (excluding diaryl/α,β-unsaturated/α-hetero) is 1. The zero-order valence-corrected chi connectivity index (χ0v) is 17.3. The molecule has 2 N–H and O–H groups in total. The molecule has 3 heterocycles. The van der Waals surface area contributed by atoms with Crippen molar-refractivity contribution in [3.8, 4) is 11.3 Å². The van der Waals surface area contributed by atoms with Crippen molar-refractivity contribution in [1.82, 2.24) is 24.7 Å². The number of rotatable bonds is 6. The molecular weight excluding hydrogens is 376 g/mol. The fraction of sp³-hybridized carbons (Fsp3) is 0.261. The molecule has 3 aromatic heterocycles. The summed E-state index contributed by atoms with van der Waals surface area (Å²) in [5.74, 6) is 0.398. The molecule has 0 saturated carbocycles. The maximum absolute atomic E-state index is 12.6. The average Bonchev–Trinajstić information content (AvgIpc) is 3.15. The van der Waals surface area contributed by atoms with Gasteiger partial charge in [-0.25, -0.2) is 14.6 Å². The Labute approximate surface area is 175 Å². The van der Waals surface area contributed by atoms with Gasteiger partial charge in [-0.3, -0.25) is 9.78 Å². The van der Waals surface area contributed by atoms with E-state index in [4.69, 9.17) is 10.8 Å². The summed E-state index contributed by atoms with van der Waals surface area (Å²) in [6.45, 7) is 6.13. The van der Waals surface area contributed by atoms with Gasteiger partial charge in [0.05, 0.1) is 10.9 Å². The Morgan fingerprint density at radius 1 is 1.07 bits per heavy atom. The third-order valence-electron chi connectivity index (χ3n) is 5.31. The number of hydrogen-bond acceptors (Lipinski definition) is 6. The molecule has 0 aliphatic carbocycles. The van der Waals surface area contributed by atoms with Crippen molar-refractivity contribution in [2.45, 2.75) is 39.2 Å². The van der Waals surface area contributed by atoms with Crippen LogP contribution in [0.4, 0.5) is 5.82 Å². The third-order valence-corrected chi connectivity index (χ3v) is 5.31. The molecule has 0 atom stereocenters. The summed E-state index contributed by atoms with van der Waals surface area (Å²) >= 11 is 0. The molecule has 1 aromatic carbocycles. The van der Waals surface area contributed by atoms with Gasteiger partial charge >= 0.3 is 0 Å². The van der Waals surface area contributed by atoms with Gasteiger partial charge in [-0.15, -0.1) is 0 Å². The highest BCUT2D eigenvalue weighted by Crippen LogP contribution is 2.34. The normalized spacial score (nSPS) is 11.7. The summed E-state index contributed by atoms with van der Waals surface area (Å²) in [5, 5.41) is 5.61. The van der Waals surface area contributed by atoms with Crippen LogP contribution in [-0.4, -0.2) is 30.5 Å². The maximum Gasteiger partial charge on any atom is 0.181 e. The summed E-state index contributed by atoms with van der Waals surface area (Å²) in [6, 6.07) is 13.5. The molecule has 152 valence electrons. The van der Waals surface area contributed by atoms with Gasteiger partial charge in [-0.1, -0.05) is 35.9 Å². The van der Waals surface area contributed by atoms with Gasteiger partial charge in [-0.2, -0.15) is 5.10 Å². The Morgan fingerprint density at radius 2 is 1.83 bits per heavy atom. The van der Waals surface area contributed by atoms with E-state index in [0.29, 0.717) is 30.0 Å². The smallest absolute Gasteiger partial charge is 0.181 e. The molecule has 0 fully saturated rings. The Bertz CT molecular complexity index is 1200. The molecule has 7 nitrogen and oxygen atoms in total. The van der Waals surface area contributed by atoms with Gasteiger partial charge < -0.3 is 5.73 Å². The van der Waals surface area contributed by atoms with E-state index >= 15 is 0 Å². The number of aryl methyl sites for hydroxylation is 1. The maximum atomic E-state index is 12.6. The number of hydrogen-bond donors (Lipinski definition) is 1. The monoisotopic (exact) mass is 400 g/mol. The molecular formula is C23H24N6O. The summed E-state index contributed by atoms with van der Waals surface area (Å²) < 4.78 is 1.86. The number of nitrogens with two attached hydrogens (primary N) is 1. The minimum absolute atomic E-state index is 0.00744. The van der Waals surface area contributed by atoms with Gasteiger partial charge in [0.25, 0.3) is 0 Å². The number of benzene rings is 1. The standard InChI is InChI=1S/C23H24N6O/c1-15-7-9-16(10-8-15)20-19-21(24)26-14-27-22(19)29(28-20)23(2,3)12-11-18(30)17-6-4-5-13-25-17/h4-10,13-14H,11-12H2,1-3H3,(H2,24,26,27). The van der Waals surface area contributed by atoms with Crippen molar-refractivity contribution in [3.63, 3.8) is 0 Å². The summed E-state index contributed by atoms with van der Waals surface area (Å²) in [5.41, 5.74) is 9.74. The molecule has 0 aliphatic rings. The quantitative estimate of drug-likeness (QED) is 0.488. The van der Waals surface area contributed by atoms with Crippen molar-refractivity contribution in [2.24, 2.45) is 0 Å². The van der Waals surface area contributed by atoms with Crippen LogP contribution in [0.2, 0.25) is 0 Å². The van der Waals surface area contributed by atoms with Crippen LogP contribution in [0.3, 0.4) is 0 Å². The second kappa shape index (κ2) is 7.67. The lowest BCUT2D eigenvalue weighted by Gasteiger charge is -2.25. The molecule has 4 rings (SSSR count). The highest BCUT2D eigenvalue weighted by molar-refractivity contribution is 5.98. The van der Waals surface area contributed by atoms with E-state index in [1.54, 1.807) is 18.3 Å². The zero-order chi connectivity index (χ0) is 21.3. The molecule has 7 heteroatoms. The lowest BCUT2D eigenvalue weighted by molar-refractivity contribution is 0.0958. The van der Waals surface area contributed by atoms with Crippen LogP contribution in [0.1, 0.15) is 42.7 Å². The first-order valence-electron chi connectivity index (χ1n) is 9.88. The molecule has 4 aromatic rings. The number of aromatic nitrogens is 5. The van der Waals surface area contributed by atoms with Crippen LogP contribution in [-0.2, 0) is 5.54 Å². The number of ketones is 1. The van der Waals surface area contributed by atoms with Crippen LogP contribution < -0.4 is 5.73 Å². The molecule has 0 bridgehead atoms. The van der Waals surface area contributed by atoms with Gasteiger partial charge in [0.15, 0.2) is 11.4 Å². The molecule has 0 radical (unpaired) electrons. The highest BCUT2D eigenvalue weighted by atomic mass is 16.1. The topological polar surface area (TPSA) is 99.6 Å². The van der Waals surface area contributed by atoms with Crippen molar-refractivity contribution in [1.29, 1.82) is 0 Å². The van der Waals surface area contributed by atoms with Crippen LogP contribution in [0.5, 0.6) is 0 Å². The first-order chi connectivity index (χ1) is 14.4. The van der Waals surface area contributed by atoms with E-state index in [1.165, 1.54) is 11.9 Å².